The number of carbonyl (C=O) groups is 2. The number of carboxylic acids is 1. The number of aliphatic carboxylic acids is 1. The molecule has 1 saturated heterocycles. The van der Waals surface area contributed by atoms with Crippen LogP contribution in [0, 0.1) is 5.82 Å². The highest BCUT2D eigenvalue weighted by atomic mass is 19.1. The summed E-state index contributed by atoms with van der Waals surface area (Å²) in [6.07, 6.45) is 2.96. The first-order valence-corrected chi connectivity index (χ1v) is 7.89. The Hall–Kier alpha value is -2.41. The number of hydrogen-bond donors (Lipinski definition) is 2. The Bertz CT molecular complexity index is 752. The van der Waals surface area contributed by atoms with Crippen LogP contribution >= 0.6 is 0 Å². The molecule has 2 aromatic rings. The lowest BCUT2D eigenvalue weighted by Crippen LogP contribution is -2.46. The van der Waals surface area contributed by atoms with E-state index in [1.807, 2.05) is 0 Å². The summed E-state index contributed by atoms with van der Waals surface area (Å²) >= 11 is 0. The molecule has 0 radical (unpaired) electrons. The van der Waals surface area contributed by atoms with Crippen LogP contribution in [0.3, 0.4) is 0 Å². The molecule has 128 valence electrons. The largest absolute Gasteiger partial charge is 0.480 e. The summed E-state index contributed by atoms with van der Waals surface area (Å²) in [5.41, 5.74) is 1.41. The van der Waals surface area contributed by atoms with Crippen LogP contribution in [0.15, 0.2) is 24.4 Å². The number of aromatic amines is 1. The van der Waals surface area contributed by atoms with Crippen LogP contribution in [0.4, 0.5) is 4.39 Å². The number of nitrogens with one attached hydrogen (secondary N) is 1. The van der Waals surface area contributed by atoms with Crippen molar-refractivity contribution in [3.8, 4) is 0 Å². The molecule has 1 aromatic heterocycles. The number of rotatable bonds is 5. The van der Waals surface area contributed by atoms with Crippen LogP contribution < -0.4 is 0 Å². The lowest BCUT2D eigenvalue weighted by atomic mass is 10.0. The molecule has 0 atom stereocenters. The van der Waals surface area contributed by atoms with Crippen molar-refractivity contribution < 1.29 is 23.8 Å². The van der Waals surface area contributed by atoms with Crippen molar-refractivity contribution in [2.24, 2.45) is 0 Å². The minimum absolute atomic E-state index is 0.0358. The Morgan fingerprint density at radius 1 is 1.33 bits per heavy atom. The van der Waals surface area contributed by atoms with Gasteiger partial charge < -0.3 is 19.7 Å². The van der Waals surface area contributed by atoms with Crippen LogP contribution in [-0.2, 0) is 20.7 Å². The predicted molar refractivity (Wildman–Crippen MR) is 85.2 cm³/mol. The Balaban J connectivity index is 1.81. The van der Waals surface area contributed by atoms with E-state index >= 15 is 0 Å². The van der Waals surface area contributed by atoms with E-state index < -0.39 is 5.97 Å². The molecular weight excluding hydrogens is 315 g/mol. The van der Waals surface area contributed by atoms with E-state index in [4.69, 9.17) is 9.84 Å². The molecule has 1 fully saturated rings. The minimum Gasteiger partial charge on any atom is -0.480 e. The van der Waals surface area contributed by atoms with Gasteiger partial charge in [0.15, 0.2) is 0 Å². The fourth-order valence-electron chi connectivity index (χ4n) is 3.12. The molecule has 6 nitrogen and oxygen atoms in total. The molecular formula is C17H19FN2O4. The highest BCUT2D eigenvalue weighted by molar-refractivity contribution is 5.90. The predicted octanol–water partition coefficient (Wildman–Crippen LogP) is 1.94. The van der Waals surface area contributed by atoms with Crippen LogP contribution in [0.1, 0.15) is 18.4 Å². The maximum Gasteiger partial charge on any atom is 0.323 e. The first-order chi connectivity index (χ1) is 11.5. The number of nitrogens with zero attached hydrogens (tertiary/aromatic N) is 1. The number of ether oxygens (including phenoxy) is 1. The third-order valence-corrected chi connectivity index (χ3v) is 4.33. The lowest BCUT2D eigenvalue weighted by molar-refractivity contribution is -0.147. The second-order valence-corrected chi connectivity index (χ2v) is 5.94. The molecule has 2 heterocycles. The van der Waals surface area contributed by atoms with Crippen molar-refractivity contribution in [2.75, 3.05) is 19.8 Å². The summed E-state index contributed by atoms with van der Waals surface area (Å²) in [6.45, 7) is 0.707. The molecule has 0 spiro atoms. The van der Waals surface area contributed by atoms with Crippen LogP contribution in [0.2, 0.25) is 0 Å². The van der Waals surface area contributed by atoms with Gasteiger partial charge >= 0.3 is 5.97 Å². The number of carbonyl (C=O) groups excluding carboxylic acids is 1. The monoisotopic (exact) mass is 334 g/mol. The van der Waals surface area contributed by atoms with Crippen LogP contribution in [-0.4, -0.2) is 52.7 Å². The minimum atomic E-state index is -1.04. The SMILES string of the molecule is O=C(O)CN(C(=O)Cc1c[nH]c2ccc(F)cc12)C1CCOCC1. The quantitative estimate of drug-likeness (QED) is 0.875. The molecule has 1 amide bonds. The van der Waals surface area contributed by atoms with E-state index in [2.05, 4.69) is 4.98 Å². The maximum absolute atomic E-state index is 13.5. The van der Waals surface area contributed by atoms with E-state index in [1.54, 1.807) is 12.3 Å². The van der Waals surface area contributed by atoms with Gasteiger partial charge in [-0.25, -0.2) is 4.39 Å². The molecule has 1 aromatic carbocycles. The van der Waals surface area contributed by atoms with Crippen molar-refractivity contribution >= 4 is 22.8 Å². The first kappa shape index (κ1) is 16.4. The van der Waals surface area contributed by atoms with Crippen molar-refractivity contribution in [1.29, 1.82) is 0 Å². The van der Waals surface area contributed by atoms with Crippen molar-refractivity contribution in [2.45, 2.75) is 25.3 Å². The zero-order chi connectivity index (χ0) is 17.1. The number of amides is 1. The van der Waals surface area contributed by atoms with E-state index in [0.29, 0.717) is 37.0 Å². The summed E-state index contributed by atoms with van der Waals surface area (Å²) in [6, 6.07) is 4.21. The van der Waals surface area contributed by atoms with Crippen molar-refractivity contribution in [1.82, 2.24) is 9.88 Å². The summed E-state index contributed by atoms with van der Waals surface area (Å²) < 4.78 is 18.7. The zero-order valence-corrected chi connectivity index (χ0v) is 13.1. The number of fused-ring (bicyclic) bond motifs is 1. The van der Waals surface area contributed by atoms with E-state index in [9.17, 15) is 14.0 Å². The van der Waals surface area contributed by atoms with Gasteiger partial charge in [-0.3, -0.25) is 9.59 Å². The van der Waals surface area contributed by atoms with Gasteiger partial charge in [-0.05, 0) is 36.6 Å². The first-order valence-electron chi connectivity index (χ1n) is 7.89. The second kappa shape index (κ2) is 7.00. The second-order valence-electron chi connectivity index (χ2n) is 5.94. The Morgan fingerprint density at radius 2 is 2.08 bits per heavy atom. The topological polar surface area (TPSA) is 82.6 Å². The van der Waals surface area contributed by atoms with Gasteiger partial charge in [0.05, 0.1) is 6.42 Å². The number of halogens is 1. The molecule has 0 unspecified atom stereocenters. The van der Waals surface area contributed by atoms with E-state index in [0.717, 1.165) is 5.52 Å². The molecule has 0 aliphatic carbocycles. The standard InChI is InChI=1S/C17H19FN2O4/c18-12-1-2-15-14(8-12)11(9-19-15)7-16(21)20(10-17(22)23)13-3-5-24-6-4-13/h1-2,8-9,13,19H,3-7,10H2,(H,22,23). The lowest BCUT2D eigenvalue weighted by Gasteiger charge is -2.33. The molecule has 1 aliphatic heterocycles. The Labute approximate surface area is 138 Å². The van der Waals surface area contributed by atoms with Gasteiger partial charge in [0, 0.05) is 36.4 Å². The van der Waals surface area contributed by atoms with Crippen molar-refractivity contribution in [3.05, 3.63) is 35.8 Å². The molecule has 3 rings (SSSR count). The van der Waals surface area contributed by atoms with Gasteiger partial charge in [0.1, 0.15) is 12.4 Å². The highest BCUT2D eigenvalue weighted by Crippen LogP contribution is 2.22. The van der Waals surface area contributed by atoms with Crippen molar-refractivity contribution in [3.63, 3.8) is 0 Å². The third kappa shape index (κ3) is 3.56. The van der Waals surface area contributed by atoms with Gasteiger partial charge in [-0.1, -0.05) is 0 Å². The van der Waals surface area contributed by atoms with E-state index in [-0.39, 0.29) is 30.7 Å². The highest BCUT2D eigenvalue weighted by Gasteiger charge is 2.28. The number of aromatic nitrogens is 1. The molecule has 0 bridgehead atoms. The average Bonchev–Trinajstić information content (AvgIpc) is 2.95. The molecule has 0 saturated carbocycles. The smallest absolute Gasteiger partial charge is 0.323 e. The third-order valence-electron chi connectivity index (χ3n) is 4.33. The number of benzene rings is 1. The fourth-order valence-corrected chi connectivity index (χ4v) is 3.12. The van der Waals surface area contributed by atoms with Gasteiger partial charge in [0.25, 0.3) is 0 Å². The van der Waals surface area contributed by atoms with Crippen LogP contribution in [0.25, 0.3) is 10.9 Å². The average molecular weight is 334 g/mol. The molecule has 24 heavy (non-hydrogen) atoms. The summed E-state index contributed by atoms with van der Waals surface area (Å²) in [5.74, 6) is -1.68. The van der Waals surface area contributed by atoms with Gasteiger partial charge in [-0.2, -0.15) is 0 Å². The maximum atomic E-state index is 13.5. The zero-order valence-electron chi connectivity index (χ0n) is 13.1. The van der Waals surface area contributed by atoms with E-state index in [1.165, 1.54) is 17.0 Å². The number of H-pyrrole nitrogens is 1. The summed E-state index contributed by atoms with van der Waals surface area (Å²) in [7, 11) is 0. The normalized spacial score (nSPS) is 15.5. The summed E-state index contributed by atoms with van der Waals surface area (Å²) in [5, 5.41) is 9.76. The molecule has 7 heteroatoms. The van der Waals surface area contributed by atoms with Crippen LogP contribution in [0.5, 0.6) is 0 Å². The van der Waals surface area contributed by atoms with Gasteiger partial charge in [0.2, 0.25) is 5.91 Å². The van der Waals surface area contributed by atoms with Gasteiger partial charge in [-0.15, -0.1) is 0 Å². The fraction of sp³-hybridized carbons (Fsp3) is 0.412. The molecule has 2 N–H and O–H groups in total. The number of carboxylic acid groups (broad SMARTS) is 1. The molecule has 1 aliphatic rings. The Kier molecular flexibility index (Phi) is 4.80. The Morgan fingerprint density at radius 3 is 2.79 bits per heavy atom. The summed E-state index contributed by atoms with van der Waals surface area (Å²) in [4.78, 5) is 28.2. The number of hydrogen-bond acceptors (Lipinski definition) is 3.